The predicted molar refractivity (Wildman–Crippen MR) is 250 cm³/mol. The Kier molecular flexibility index (Phi) is 22.0. The molecule has 7 fully saturated rings. The predicted octanol–water partition coefficient (Wildman–Crippen LogP) is -13.0. The lowest BCUT2D eigenvalue weighted by Gasteiger charge is -2.49. The number of benzene rings is 1. The smallest absolute Gasteiger partial charge is 0.339 e. The minimum Gasteiger partial charge on any atom is -0.478 e. The maximum absolute atomic E-state index is 11.9. The van der Waals surface area contributed by atoms with E-state index in [9.17, 15) is 107 Å². The van der Waals surface area contributed by atoms with Crippen LogP contribution < -0.4 is 10.5 Å². The fourth-order valence-corrected chi connectivity index (χ4v) is 9.88. The maximum Gasteiger partial charge on any atom is 0.339 e. The van der Waals surface area contributed by atoms with Crippen molar-refractivity contribution < 1.29 is 173 Å². The number of carbonyl (C=O) groups is 1. The van der Waals surface area contributed by atoms with Crippen LogP contribution in [0.15, 0.2) is 18.2 Å². The molecule has 0 bridgehead atoms. The molecule has 36 nitrogen and oxygen atoms in total. The Bertz CT molecular complexity index is 2190. The van der Waals surface area contributed by atoms with Crippen molar-refractivity contribution in [3.8, 4) is 5.75 Å². The van der Waals surface area contributed by atoms with Gasteiger partial charge in [0.2, 0.25) is 6.29 Å². The standard InChI is InChI=1S/C46H71NO35/c47-11-1-2-16(12(3-11)39(67)68)75-43-33(64)26(57)36(17(4-48)76-43)80-45-34(65)27(58)38(20(78-45)10-74-42-31(62)23(54)15(51)7-71-42)82-46-35(66)28(59)37(19(79-46)9-73-41-30(61)22(53)14(50)6-70-41)81-44-32(63)25(56)24(55)18(77-44)8-72-40-29(60)21(52)13(49)5-69-40/h1-3,13-15,17-38,40-46,48-66H,4-10,47H2,(H,67,68)/t13-,14-,15-,17?,18?,19?,20?,21?,22?,23?,24-,25?,26?,27?,28?,29?,30?,31?,32?,33?,34?,35?,36-,37-,38-,40-,41-,42-,43-,44+,45+,46+/m1/s1. The summed E-state index contributed by atoms with van der Waals surface area (Å²) in [5.41, 5.74) is 5.26. The molecule has 22 N–H and O–H groups in total. The number of rotatable bonds is 19. The Labute approximate surface area is 462 Å². The third-order valence-electron chi connectivity index (χ3n) is 14.8. The molecule has 8 rings (SSSR count). The zero-order valence-electron chi connectivity index (χ0n) is 42.8. The van der Waals surface area contributed by atoms with E-state index in [2.05, 4.69) is 0 Å². The van der Waals surface area contributed by atoms with Crippen LogP contribution in [-0.4, -0.2) is 351 Å². The van der Waals surface area contributed by atoms with Crippen molar-refractivity contribution in [1.29, 1.82) is 0 Å². The van der Waals surface area contributed by atoms with E-state index in [4.69, 9.17) is 72.0 Å². The monoisotopic (exact) mass is 1200 g/mol. The number of hydrogen-bond donors (Lipinski definition) is 21. The van der Waals surface area contributed by atoms with Crippen LogP contribution in [0.2, 0.25) is 0 Å². The minimum absolute atomic E-state index is 0.0289. The summed E-state index contributed by atoms with van der Waals surface area (Å²) in [6.45, 7) is -5.21. The van der Waals surface area contributed by atoms with Gasteiger partial charge in [-0.2, -0.15) is 0 Å². The number of aliphatic hydroxyl groups is 19. The Morgan fingerprint density at radius 2 is 0.768 bits per heavy atom. The molecular weight excluding hydrogens is 1130 g/mol. The van der Waals surface area contributed by atoms with Gasteiger partial charge in [-0.3, -0.25) is 0 Å². The molecule has 7 aliphatic rings. The molecular formula is C46H71NO35. The molecule has 0 saturated carbocycles. The fourth-order valence-electron chi connectivity index (χ4n) is 9.88. The highest BCUT2D eigenvalue weighted by molar-refractivity contribution is 5.92. The molecule has 1 aromatic rings. The molecule has 32 atom stereocenters. The molecule has 470 valence electrons. The van der Waals surface area contributed by atoms with Gasteiger partial charge in [-0.1, -0.05) is 0 Å². The lowest BCUT2D eigenvalue weighted by Crippen LogP contribution is -2.68. The topological polar surface area (TPSA) is 577 Å². The number of hydrogen-bond acceptors (Lipinski definition) is 35. The lowest BCUT2D eigenvalue weighted by molar-refractivity contribution is -0.393. The molecule has 7 aliphatic heterocycles. The van der Waals surface area contributed by atoms with Gasteiger partial charge in [0.1, 0.15) is 164 Å². The van der Waals surface area contributed by atoms with Gasteiger partial charge in [0, 0.05) is 5.69 Å². The highest BCUT2D eigenvalue weighted by Crippen LogP contribution is 2.37. The molecule has 1 aromatic carbocycles. The van der Waals surface area contributed by atoms with Crippen LogP contribution in [-0.2, 0) is 61.6 Å². The largest absolute Gasteiger partial charge is 0.478 e. The second-order valence-corrected chi connectivity index (χ2v) is 20.5. The average Bonchev–Trinajstić information content (AvgIpc) is 3.52. The van der Waals surface area contributed by atoms with E-state index in [0.29, 0.717) is 0 Å². The molecule has 7 saturated heterocycles. The fraction of sp³-hybridized carbons (Fsp3) is 0.848. The van der Waals surface area contributed by atoms with Gasteiger partial charge in [0.25, 0.3) is 0 Å². The summed E-state index contributed by atoms with van der Waals surface area (Å²) in [7, 11) is 0. The Morgan fingerprint density at radius 3 is 1.17 bits per heavy atom. The normalized spacial score (nSPS) is 48.6. The summed E-state index contributed by atoms with van der Waals surface area (Å²) in [6.07, 6.45) is -61.7. The van der Waals surface area contributed by atoms with Crippen LogP contribution in [0.3, 0.4) is 0 Å². The molecule has 0 aliphatic carbocycles. The maximum atomic E-state index is 11.9. The molecule has 0 amide bonds. The number of anilines is 1. The van der Waals surface area contributed by atoms with Gasteiger partial charge in [-0.25, -0.2) is 4.79 Å². The first-order chi connectivity index (χ1) is 38.8. The van der Waals surface area contributed by atoms with Crippen molar-refractivity contribution in [2.24, 2.45) is 0 Å². The summed E-state index contributed by atoms with van der Waals surface area (Å²) in [4.78, 5) is 11.9. The van der Waals surface area contributed by atoms with E-state index in [-0.39, 0.29) is 11.4 Å². The second kappa shape index (κ2) is 27.8. The molecule has 0 aromatic heterocycles. The van der Waals surface area contributed by atoms with Crippen molar-refractivity contribution in [3.05, 3.63) is 23.8 Å². The van der Waals surface area contributed by atoms with Crippen LogP contribution in [0, 0.1) is 0 Å². The van der Waals surface area contributed by atoms with E-state index in [1.807, 2.05) is 0 Å². The highest BCUT2D eigenvalue weighted by Gasteiger charge is 2.57. The molecule has 0 radical (unpaired) electrons. The van der Waals surface area contributed by atoms with Gasteiger partial charge >= 0.3 is 5.97 Å². The van der Waals surface area contributed by atoms with Crippen molar-refractivity contribution >= 4 is 11.7 Å². The number of ether oxygens (including phenoxy) is 14. The Morgan fingerprint density at radius 1 is 0.427 bits per heavy atom. The van der Waals surface area contributed by atoms with E-state index in [1.165, 1.54) is 6.07 Å². The van der Waals surface area contributed by atoms with Gasteiger partial charge in [-0.05, 0) is 18.2 Å². The first kappa shape index (κ1) is 65.0. The molecule has 7 heterocycles. The van der Waals surface area contributed by atoms with E-state index < -0.39 is 254 Å². The average molecular weight is 1200 g/mol. The van der Waals surface area contributed by atoms with Crippen LogP contribution in [0.5, 0.6) is 5.75 Å². The summed E-state index contributed by atoms with van der Waals surface area (Å²) < 4.78 is 79.3. The minimum atomic E-state index is -2.34. The first-order valence-electron chi connectivity index (χ1n) is 25.7. The van der Waals surface area contributed by atoms with E-state index in [0.717, 1.165) is 12.1 Å². The number of aliphatic hydroxyl groups excluding tert-OH is 19. The molecule has 0 spiro atoms. The van der Waals surface area contributed by atoms with Crippen molar-refractivity contribution in [2.45, 2.75) is 197 Å². The summed E-state index contributed by atoms with van der Waals surface area (Å²) in [5, 5.41) is 215. The summed E-state index contributed by atoms with van der Waals surface area (Å²) >= 11 is 0. The Hall–Kier alpha value is -2.99. The zero-order chi connectivity index (χ0) is 59.8. The number of nitrogen functional groups attached to an aromatic ring is 1. The zero-order valence-corrected chi connectivity index (χ0v) is 42.8. The van der Waals surface area contributed by atoms with Crippen LogP contribution in [0.1, 0.15) is 10.4 Å². The van der Waals surface area contributed by atoms with Gasteiger partial charge in [-0.15, -0.1) is 0 Å². The molecule has 36 heteroatoms. The van der Waals surface area contributed by atoms with Crippen molar-refractivity contribution in [2.75, 3.05) is 52.0 Å². The summed E-state index contributed by atoms with van der Waals surface area (Å²) in [5.74, 6) is -1.87. The SMILES string of the molecule is Nc1ccc(O[C@@H]2OC(CO)[C@@H](O[C@@H]3OC(CO[C@H]4OC[C@@H](O)C(O)C4O)[C@@H](O[C@@H]4OC(CO[C@H]5OC[C@@H](O)C(O)C5O)[C@@H](O[C@@H]5OC(CO[C@H]6OC[C@@H](O)C(O)C6O)[C@@H](O)C(O)C5O)C(O)C4O)C(O)C3O)C(O)C2O)c(C(=O)O)c1. The lowest BCUT2D eigenvalue weighted by atomic mass is 9.95. The van der Waals surface area contributed by atoms with Crippen LogP contribution in [0.4, 0.5) is 5.69 Å². The number of carboxylic acid groups (broad SMARTS) is 1. The third-order valence-corrected chi connectivity index (χ3v) is 14.8. The van der Waals surface area contributed by atoms with Crippen molar-refractivity contribution in [3.63, 3.8) is 0 Å². The van der Waals surface area contributed by atoms with Gasteiger partial charge < -0.3 is 174 Å². The van der Waals surface area contributed by atoms with E-state index in [1.54, 1.807) is 0 Å². The van der Waals surface area contributed by atoms with Crippen molar-refractivity contribution in [1.82, 2.24) is 0 Å². The van der Waals surface area contributed by atoms with Crippen LogP contribution >= 0.6 is 0 Å². The van der Waals surface area contributed by atoms with Gasteiger partial charge in [0.15, 0.2) is 37.7 Å². The number of aromatic carboxylic acids is 1. The summed E-state index contributed by atoms with van der Waals surface area (Å²) in [6, 6.07) is 3.44. The number of nitrogens with two attached hydrogens (primary N) is 1. The van der Waals surface area contributed by atoms with E-state index >= 15 is 0 Å². The molecule has 82 heavy (non-hydrogen) atoms. The quantitative estimate of drug-likeness (QED) is 0.0572. The third kappa shape index (κ3) is 14.0. The van der Waals surface area contributed by atoms with Crippen LogP contribution in [0.25, 0.3) is 0 Å². The second-order valence-electron chi connectivity index (χ2n) is 20.5. The number of carboxylic acids is 1. The first-order valence-corrected chi connectivity index (χ1v) is 25.7. The molecule has 18 unspecified atom stereocenters. The van der Waals surface area contributed by atoms with Gasteiger partial charge in [0.05, 0.1) is 46.2 Å². The highest BCUT2D eigenvalue weighted by atomic mass is 16.8. The Balaban J connectivity index is 1.02.